The van der Waals surface area contributed by atoms with Gasteiger partial charge in [-0.3, -0.25) is 9.69 Å². The van der Waals surface area contributed by atoms with Gasteiger partial charge in [-0.1, -0.05) is 18.2 Å². The predicted molar refractivity (Wildman–Crippen MR) is 65.1 cm³/mol. The standard InChI is InChI=1S/C13H19NO2/c1-4-7-11-10-14(9-6-3)12(8-5-2)13(15)16-11/h4-6,11-12H,1-3,7-10H2. The summed E-state index contributed by atoms with van der Waals surface area (Å²) in [6.07, 6.45) is 6.56. The Hall–Kier alpha value is -1.35. The largest absolute Gasteiger partial charge is 0.460 e. The molecule has 16 heavy (non-hydrogen) atoms. The third-order valence-electron chi connectivity index (χ3n) is 2.62. The third-order valence-corrected chi connectivity index (χ3v) is 2.62. The number of ether oxygens (including phenoxy) is 1. The van der Waals surface area contributed by atoms with E-state index in [1.54, 1.807) is 18.2 Å². The van der Waals surface area contributed by atoms with Crippen LogP contribution < -0.4 is 0 Å². The molecule has 1 aliphatic rings. The van der Waals surface area contributed by atoms with E-state index in [4.69, 9.17) is 4.74 Å². The van der Waals surface area contributed by atoms with Gasteiger partial charge in [-0.05, 0) is 6.42 Å². The van der Waals surface area contributed by atoms with Crippen LogP contribution in [0.2, 0.25) is 0 Å². The average molecular weight is 221 g/mol. The average Bonchev–Trinajstić information content (AvgIpc) is 2.24. The Bertz CT molecular complexity index is 286. The van der Waals surface area contributed by atoms with Crippen LogP contribution in [0.15, 0.2) is 38.0 Å². The second-order valence-electron chi connectivity index (χ2n) is 3.87. The summed E-state index contributed by atoms with van der Waals surface area (Å²) in [6, 6.07) is -0.212. The molecule has 2 unspecified atom stereocenters. The van der Waals surface area contributed by atoms with E-state index in [-0.39, 0.29) is 18.1 Å². The van der Waals surface area contributed by atoms with Gasteiger partial charge in [0.05, 0.1) is 0 Å². The molecule has 0 N–H and O–H groups in total. The fourth-order valence-electron chi connectivity index (χ4n) is 1.90. The van der Waals surface area contributed by atoms with Crippen LogP contribution in [-0.2, 0) is 9.53 Å². The Labute approximate surface area is 97.1 Å². The van der Waals surface area contributed by atoms with Crippen molar-refractivity contribution in [2.24, 2.45) is 0 Å². The van der Waals surface area contributed by atoms with Gasteiger partial charge in [-0.15, -0.1) is 19.7 Å². The molecular weight excluding hydrogens is 202 g/mol. The lowest BCUT2D eigenvalue weighted by Crippen LogP contribution is -2.52. The molecule has 2 atom stereocenters. The molecule has 1 rings (SSSR count). The van der Waals surface area contributed by atoms with Crippen molar-refractivity contribution in [3.8, 4) is 0 Å². The Morgan fingerprint density at radius 2 is 1.94 bits per heavy atom. The van der Waals surface area contributed by atoms with Gasteiger partial charge in [0, 0.05) is 19.5 Å². The molecule has 0 bridgehead atoms. The SMILES string of the molecule is C=CCC1CN(CC=C)C(CC=C)C(=O)O1. The highest BCUT2D eigenvalue weighted by atomic mass is 16.5. The van der Waals surface area contributed by atoms with E-state index in [9.17, 15) is 4.79 Å². The van der Waals surface area contributed by atoms with Crippen LogP contribution in [0.4, 0.5) is 0 Å². The molecule has 1 fully saturated rings. The van der Waals surface area contributed by atoms with Crippen molar-refractivity contribution in [3.05, 3.63) is 38.0 Å². The molecule has 1 aliphatic heterocycles. The molecule has 0 aliphatic carbocycles. The first-order valence-corrected chi connectivity index (χ1v) is 5.50. The summed E-state index contributed by atoms with van der Waals surface area (Å²) < 4.78 is 5.33. The number of hydrogen-bond acceptors (Lipinski definition) is 3. The highest BCUT2D eigenvalue weighted by molar-refractivity contribution is 5.77. The molecule has 0 amide bonds. The first-order chi connectivity index (χ1) is 7.72. The Morgan fingerprint density at radius 3 is 2.50 bits per heavy atom. The minimum Gasteiger partial charge on any atom is -0.460 e. The van der Waals surface area contributed by atoms with Gasteiger partial charge in [0.25, 0.3) is 0 Å². The Kier molecular flexibility index (Phi) is 4.99. The van der Waals surface area contributed by atoms with Crippen LogP contribution in [0.1, 0.15) is 12.8 Å². The van der Waals surface area contributed by atoms with Crippen molar-refractivity contribution in [3.63, 3.8) is 0 Å². The number of cyclic esters (lactones) is 1. The maximum Gasteiger partial charge on any atom is 0.324 e. The first-order valence-electron chi connectivity index (χ1n) is 5.50. The van der Waals surface area contributed by atoms with E-state index in [0.717, 1.165) is 6.54 Å². The molecule has 0 aromatic heterocycles. The molecule has 3 nitrogen and oxygen atoms in total. The van der Waals surface area contributed by atoms with Crippen LogP contribution in [0.5, 0.6) is 0 Å². The molecule has 88 valence electrons. The Balaban J connectivity index is 2.70. The van der Waals surface area contributed by atoms with Crippen molar-refractivity contribution in [1.82, 2.24) is 4.90 Å². The van der Waals surface area contributed by atoms with Crippen molar-refractivity contribution < 1.29 is 9.53 Å². The summed E-state index contributed by atoms with van der Waals surface area (Å²) >= 11 is 0. The second kappa shape index (κ2) is 6.28. The summed E-state index contributed by atoms with van der Waals surface area (Å²) in [5.74, 6) is -0.167. The van der Waals surface area contributed by atoms with E-state index >= 15 is 0 Å². The van der Waals surface area contributed by atoms with Gasteiger partial charge in [0.2, 0.25) is 0 Å². The van der Waals surface area contributed by atoms with Crippen LogP contribution in [0.3, 0.4) is 0 Å². The molecule has 0 aromatic rings. The van der Waals surface area contributed by atoms with Gasteiger partial charge in [0.1, 0.15) is 12.1 Å². The molecule has 0 aromatic carbocycles. The number of carbonyl (C=O) groups excluding carboxylic acids is 1. The quantitative estimate of drug-likeness (QED) is 0.507. The van der Waals surface area contributed by atoms with Gasteiger partial charge in [-0.25, -0.2) is 0 Å². The van der Waals surface area contributed by atoms with Gasteiger partial charge >= 0.3 is 5.97 Å². The lowest BCUT2D eigenvalue weighted by molar-refractivity contribution is -0.165. The molecule has 3 heteroatoms. The summed E-state index contributed by atoms with van der Waals surface area (Å²) in [4.78, 5) is 13.9. The lowest BCUT2D eigenvalue weighted by Gasteiger charge is -2.37. The van der Waals surface area contributed by atoms with Gasteiger partial charge < -0.3 is 4.74 Å². The highest BCUT2D eigenvalue weighted by Crippen LogP contribution is 2.18. The van der Waals surface area contributed by atoms with E-state index in [1.165, 1.54) is 0 Å². The van der Waals surface area contributed by atoms with Crippen molar-refractivity contribution in [1.29, 1.82) is 0 Å². The summed E-state index contributed by atoms with van der Waals surface area (Å²) in [5.41, 5.74) is 0. The van der Waals surface area contributed by atoms with E-state index in [2.05, 4.69) is 24.6 Å². The van der Waals surface area contributed by atoms with Crippen LogP contribution >= 0.6 is 0 Å². The first kappa shape index (κ1) is 12.7. The zero-order valence-electron chi connectivity index (χ0n) is 9.60. The molecule has 0 radical (unpaired) electrons. The maximum absolute atomic E-state index is 11.8. The van der Waals surface area contributed by atoms with E-state index < -0.39 is 0 Å². The summed E-state index contributed by atoms with van der Waals surface area (Å²) in [5, 5.41) is 0. The number of hydrogen-bond donors (Lipinski definition) is 0. The fourth-order valence-corrected chi connectivity index (χ4v) is 1.90. The Morgan fingerprint density at radius 1 is 1.25 bits per heavy atom. The minimum absolute atomic E-state index is 0.0778. The van der Waals surface area contributed by atoms with Crippen molar-refractivity contribution >= 4 is 5.97 Å². The van der Waals surface area contributed by atoms with Crippen LogP contribution in [0.25, 0.3) is 0 Å². The van der Waals surface area contributed by atoms with Gasteiger partial charge in [-0.2, -0.15) is 0 Å². The van der Waals surface area contributed by atoms with Crippen LogP contribution in [0, 0.1) is 0 Å². The number of carbonyl (C=O) groups is 1. The smallest absolute Gasteiger partial charge is 0.324 e. The fraction of sp³-hybridized carbons (Fsp3) is 0.462. The lowest BCUT2D eigenvalue weighted by atomic mass is 10.1. The van der Waals surface area contributed by atoms with Crippen molar-refractivity contribution in [2.75, 3.05) is 13.1 Å². The number of morpholine rings is 1. The number of rotatable bonds is 6. The van der Waals surface area contributed by atoms with E-state index in [1.807, 2.05) is 0 Å². The molecular formula is C13H19NO2. The van der Waals surface area contributed by atoms with Crippen LogP contribution in [-0.4, -0.2) is 36.1 Å². The third kappa shape index (κ3) is 3.07. The zero-order chi connectivity index (χ0) is 12.0. The molecule has 0 spiro atoms. The molecule has 1 heterocycles. The highest BCUT2D eigenvalue weighted by Gasteiger charge is 2.34. The number of esters is 1. The maximum atomic E-state index is 11.8. The zero-order valence-corrected chi connectivity index (χ0v) is 9.60. The predicted octanol–water partition coefficient (Wildman–Crippen LogP) is 1.92. The summed E-state index contributed by atoms with van der Waals surface area (Å²) in [7, 11) is 0. The molecule has 1 saturated heterocycles. The monoisotopic (exact) mass is 221 g/mol. The van der Waals surface area contributed by atoms with Gasteiger partial charge in [0.15, 0.2) is 0 Å². The van der Waals surface area contributed by atoms with Crippen molar-refractivity contribution in [2.45, 2.75) is 25.0 Å². The minimum atomic E-state index is -0.212. The normalized spacial score (nSPS) is 25.9. The molecule has 0 saturated carbocycles. The topological polar surface area (TPSA) is 29.5 Å². The van der Waals surface area contributed by atoms with E-state index in [0.29, 0.717) is 19.4 Å². The number of nitrogens with zero attached hydrogens (tertiary/aromatic N) is 1. The summed E-state index contributed by atoms with van der Waals surface area (Å²) in [6.45, 7) is 12.5. The second-order valence-corrected chi connectivity index (χ2v) is 3.87.